The van der Waals surface area contributed by atoms with Crippen molar-refractivity contribution in [1.82, 2.24) is 9.21 Å². The first kappa shape index (κ1) is 20.5. The molecule has 0 aliphatic rings. The number of thiophene rings is 1. The Hall–Kier alpha value is -1.81. The molecule has 0 aliphatic heterocycles. The van der Waals surface area contributed by atoms with Gasteiger partial charge in [-0.25, -0.2) is 8.42 Å². The van der Waals surface area contributed by atoms with Crippen LogP contribution in [0.25, 0.3) is 0 Å². The van der Waals surface area contributed by atoms with E-state index >= 15 is 0 Å². The minimum absolute atomic E-state index is 0.0687. The van der Waals surface area contributed by atoms with E-state index in [0.29, 0.717) is 13.1 Å². The van der Waals surface area contributed by atoms with E-state index in [2.05, 4.69) is 4.90 Å². The van der Waals surface area contributed by atoms with Crippen molar-refractivity contribution in [3.63, 3.8) is 0 Å². The minimum Gasteiger partial charge on any atom is -0.303 e. The van der Waals surface area contributed by atoms with Crippen LogP contribution in [0.4, 0.5) is 5.69 Å². The van der Waals surface area contributed by atoms with E-state index in [9.17, 15) is 18.5 Å². The van der Waals surface area contributed by atoms with Crippen molar-refractivity contribution in [1.29, 1.82) is 0 Å². The van der Waals surface area contributed by atoms with Gasteiger partial charge in [-0.3, -0.25) is 10.1 Å². The fraction of sp³-hybridized carbons (Fsp3) is 0.412. The van der Waals surface area contributed by atoms with Gasteiger partial charge in [-0.15, -0.1) is 11.3 Å². The molecule has 1 heterocycles. The van der Waals surface area contributed by atoms with E-state index in [4.69, 9.17) is 0 Å². The Labute approximate surface area is 158 Å². The van der Waals surface area contributed by atoms with Crippen LogP contribution in [0.2, 0.25) is 0 Å². The van der Waals surface area contributed by atoms with Crippen LogP contribution >= 0.6 is 11.3 Å². The maximum Gasteiger partial charge on any atom is 0.269 e. The van der Waals surface area contributed by atoms with E-state index in [-0.39, 0.29) is 17.1 Å². The first-order valence-corrected chi connectivity index (χ1v) is 10.7. The summed E-state index contributed by atoms with van der Waals surface area (Å²) in [4.78, 5) is 13.4. The molecule has 0 saturated heterocycles. The highest BCUT2D eigenvalue weighted by atomic mass is 32.2. The van der Waals surface area contributed by atoms with Crippen molar-refractivity contribution in [2.75, 3.05) is 26.2 Å². The lowest BCUT2D eigenvalue weighted by Crippen LogP contribution is -2.38. The Kier molecular flexibility index (Phi) is 7.27. The van der Waals surface area contributed by atoms with Gasteiger partial charge in [0.2, 0.25) is 10.0 Å². The number of hydrogen-bond acceptors (Lipinski definition) is 6. The second-order valence-electron chi connectivity index (χ2n) is 5.70. The molecule has 0 spiro atoms. The topological polar surface area (TPSA) is 83.8 Å². The Balaban J connectivity index is 2.27. The van der Waals surface area contributed by atoms with Crippen molar-refractivity contribution in [3.05, 3.63) is 56.8 Å². The summed E-state index contributed by atoms with van der Waals surface area (Å²) in [5.41, 5.74) is -0.128. The summed E-state index contributed by atoms with van der Waals surface area (Å²) in [5, 5.41) is 12.7. The molecule has 142 valence electrons. The van der Waals surface area contributed by atoms with Gasteiger partial charge in [0.25, 0.3) is 5.69 Å². The Bertz CT molecular complexity index is 801. The molecule has 0 aliphatic carbocycles. The molecule has 7 nitrogen and oxygen atoms in total. The van der Waals surface area contributed by atoms with Gasteiger partial charge in [0.05, 0.1) is 9.82 Å². The second kappa shape index (κ2) is 9.22. The molecule has 2 rings (SSSR count). The van der Waals surface area contributed by atoms with Gasteiger partial charge in [0.15, 0.2) is 0 Å². The smallest absolute Gasteiger partial charge is 0.269 e. The Morgan fingerprint density at radius 2 is 1.73 bits per heavy atom. The average Bonchev–Trinajstić information content (AvgIpc) is 3.14. The average molecular weight is 398 g/mol. The maximum absolute atomic E-state index is 13.1. The standard InChI is InChI=1S/C17H23N3O4S2/c1-3-18(4-2)11-12-19(14-16-6-5-13-25-16)26(23,24)17-9-7-15(8-10-17)20(21)22/h5-10,13H,3-4,11-12,14H2,1-2H3. The minimum atomic E-state index is -3.74. The van der Waals surface area contributed by atoms with Crippen LogP contribution in [-0.2, 0) is 16.6 Å². The van der Waals surface area contributed by atoms with E-state index in [0.717, 1.165) is 18.0 Å². The number of benzene rings is 1. The number of nitro benzene ring substituents is 1. The summed E-state index contributed by atoms with van der Waals surface area (Å²) >= 11 is 1.51. The SMILES string of the molecule is CCN(CC)CCN(Cc1cccs1)S(=O)(=O)c1ccc([N+](=O)[O-])cc1. The Morgan fingerprint density at radius 3 is 2.23 bits per heavy atom. The molecule has 26 heavy (non-hydrogen) atoms. The number of sulfonamides is 1. The Morgan fingerprint density at radius 1 is 1.08 bits per heavy atom. The first-order chi connectivity index (χ1) is 12.4. The first-order valence-electron chi connectivity index (χ1n) is 8.37. The van der Waals surface area contributed by atoms with Crippen molar-refractivity contribution in [3.8, 4) is 0 Å². The molecule has 9 heteroatoms. The largest absolute Gasteiger partial charge is 0.303 e. The summed E-state index contributed by atoms with van der Waals surface area (Å²) in [6.07, 6.45) is 0. The van der Waals surface area contributed by atoms with Crippen LogP contribution in [0.3, 0.4) is 0 Å². The molecular weight excluding hydrogens is 374 g/mol. The van der Waals surface area contributed by atoms with Crippen molar-refractivity contribution < 1.29 is 13.3 Å². The molecule has 0 fully saturated rings. The summed E-state index contributed by atoms with van der Waals surface area (Å²) < 4.78 is 27.6. The maximum atomic E-state index is 13.1. The van der Waals surface area contributed by atoms with Crippen LogP contribution in [-0.4, -0.2) is 48.7 Å². The number of rotatable bonds is 10. The van der Waals surface area contributed by atoms with Crippen LogP contribution < -0.4 is 0 Å². The van der Waals surface area contributed by atoms with Gasteiger partial charge in [-0.05, 0) is 36.7 Å². The van der Waals surface area contributed by atoms with Crippen LogP contribution in [0, 0.1) is 10.1 Å². The molecule has 2 aromatic rings. The van der Waals surface area contributed by atoms with Crippen LogP contribution in [0.1, 0.15) is 18.7 Å². The summed E-state index contributed by atoms with van der Waals surface area (Å²) in [6, 6.07) is 8.83. The fourth-order valence-corrected chi connectivity index (χ4v) is 4.75. The van der Waals surface area contributed by atoms with Gasteiger partial charge in [0, 0.05) is 36.6 Å². The van der Waals surface area contributed by atoms with Gasteiger partial charge in [0.1, 0.15) is 0 Å². The van der Waals surface area contributed by atoms with Gasteiger partial charge >= 0.3 is 0 Å². The van der Waals surface area contributed by atoms with E-state index in [1.807, 2.05) is 31.4 Å². The number of likely N-dealkylation sites (N-methyl/N-ethyl adjacent to an activating group) is 1. The van der Waals surface area contributed by atoms with E-state index in [1.165, 1.54) is 39.9 Å². The highest BCUT2D eigenvalue weighted by Crippen LogP contribution is 2.22. The van der Waals surface area contributed by atoms with E-state index < -0.39 is 14.9 Å². The molecule has 0 atom stereocenters. The van der Waals surface area contributed by atoms with Crippen LogP contribution in [0.5, 0.6) is 0 Å². The number of non-ortho nitro benzene ring substituents is 1. The van der Waals surface area contributed by atoms with Crippen molar-refractivity contribution in [2.45, 2.75) is 25.3 Å². The molecule has 0 bridgehead atoms. The predicted octanol–water partition coefficient (Wildman–Crippen LogP) is 3.19. The molecule has 1 aromatic carbocycles. The third-order valence-corrected chi connectivity index (χ3v) is 6.88. The van der Waals surface area contributed by atoms with Crippen molar-refractivity contribution in [2.24, 2.45) is 0 Å². The highest BCUT2D eigenvalue weighted by Gasteiger charge is 2.26. The normalized spacial score (nSPS) is 12.0. The molecule has 0 saturated carbocycles. The summed E-state index contributed by atoms with van der Waals surface area (Å²) in [5.74, 6) is 0. The highest BCUT2D eigenvalue weighted by molar-refractivity contribution is 7.89. The number of nitrogens with zero attached hydrogens (tertiary/aromatic N) is 3. The second-order valence-corrected chi connectivity index (χ2v) is 8.67. The monoisotopic (exact) mass is 397 g/mol. The summed E-state index contributed by atoms with van der Waals surface area (Å²) in [6.45, 7) is 7.06. The van der Waals surface area contributed by atoms with Gasteiger partial charge < -0.3 is 4.90 Å². The van der Waals surface area contributed by atoms with E-state index in [1.54, 1.807) is 0 Å². The quantitative estimate of drug-likeness (QED) is 0.454. The molecular formula is C17H23N3O4S2. The third kappa shape index (κ3) is 5.10. The molecule has 0 N–H and O–H groups in total. The number of hydrogen-bond donors (Lipinski definition) is 0. The molecule has 0 amide bonds. The zero-order valence-electron chi connectivity index (χ0n) is 14.9. The molecule has 1 aromatic heterocycles. The molecule has 0 unspecified atom stereocenters. The predicted molar refractivity (Wildman–Crippen MR) is 103 cm³/mol. The van der Waals surface area contributed by atoms with Crippen molar-refractivity contribution >= 4 is 27.0 Å². The zero-order valence-corrected chi connectivity index (χ0v) is 16.5. The van der Waals surface area contributed by atoms with Crippen LogP contribution in [0.15, 0.2) is 46.7 Å². The third-order valence-electron chi connectivity index (χ3n) is 4.16. The summed E-state index contributed by atoms with van der Waals surface area (Å²) in [7, 11) is -3.74. The zero-order chi connectivity index (χ0) is 19.2. The lowest BCUT2D eigenvalue weighted by molar-refractivity contribution is -0.384. The van der Waals surface area contributed by atoms with Gasteiger partial charge in [-0.1, -0.05) is 19.9 Å². The lowest BCUT2D eigenvalue weighted by atomic mass is 10.3. The fourth-order valence-electron chi connectivity index (χ4n) is 2.54. The number of nitro groups is 1. The lowest BCUT2D eigenvalue weighted by Gasteiger charge is -2.25. The molecule has 0 radical (unpaired) electrons. The van der Waals surface area contributed by atoms with Gasteiger partial charge in [-0.2, -0.15) is 4.31 Å².